The smallest absolute Gasteiger partial charge is 0.232 e. The summed E-state index contributed by atoms with van der Waals surface area (Å²) in [5.74, 6) is 0.296. The molecule has 2 fully saturated rings. The first-order valence-electron chi connectivity index (χ1n) is 11.1. The molecule has 1 aliphatic heterocycles. The van der Waals surface area contributed by atoms with Crippen molar-refractivity contribution < 1.29 is 8.94 Å². The standard InChI is InChI=1S/C22H30ClFN6OS2/c1-21(2,3)33(31)29-15-5-4-7-22(15)8-11-30(12-9-22)16-13-27-20(19(25)28-16)32-14-6-10-26-18(24)17(14)23/h6,10,13,15,29H,4-5,7-9,11-12H2,1-3H3,(H2,25,28)/t15-,33+/m1/s1. The number of rotatable bonds is 5. The Balaban J connectivity index is 1.41. The highest BCUT2D eigenvalue weighted by molar-refractivity contribution is 7.99. The van der Waals surface area contributed by atoms with E-state index < -0.39 is 17.3 Å². The fourth-order valence-corrected chi connectivity index (χ4v) is 6.58. The van der Waals surface area contributed by atoms with Crippen LogP contribution in [0, 0.1) is 11.4 Å². The molecule has 180 valence electrons. The molecular formula is C22H30ClFN6OS2. The van der Waals surface area contributed by atoms with Gasteiger partial charge >= 0.3 is 0 Å². The van der Waals surface area contributed by atoms with Crippen LogP contribution in [-0.4, -0.2) is 43.4 Å². The summed E-state index contributed by atoms with van der Waals surface area (Å²) in [6, 6.07) is 1.90. The molecule has 3 N–H and O–H groups in total. The largest absolute Gasteiger partial charge is 0.598 e. The predicted molar refractivity (Wildman–Crippen MR) is 132 cm³/mol. The van der Waals surface area contributed by atoms with Crippen LogP contribution in [0.5, 0.6) is 0 Å². The second-order valence-corrected chi connectivity index (χ2v) is 13.1. The molecule has 7 nitrogen and oxygen atoms in total. The predicted octanol–water partition coefficient (Wildman–Crippen LogP) is 4.59. The molecule has 1 aliphatic carbocycles. The van der Waals surface area contributed by atoms with Gasteiger partial charge in [-0.15, -0.1) is 4.72 Å². The topological polar surface area (TPSA) is 103 Å². The number of nitrogen functional groups attached to an aromatic ring is 1. The molecule has 1 saturated heterocycles. The molecule has 3 heterocycles. The van der Waals surface area contributed by atoms with Gasteiger partial charge in [-0.25, -0.2) is 15.0 Å². The minimum atomic E-state index is -1.07. The van der Waals surface area contributed by atoms with Crippen molar-refractivity contribution in [3.05, 3.63) is 29.4 Å². The van der Waals surface area contributed by atoms with E-state index >= 15 is 0 Å². The Morgan fingerprint density at radius 3 is 2.70 bits per heavy atom. The number of piperidine rings is 1. The summed E-state index contributed by atoms with van der Waals surface area (Å²) in [7, 11) is 0. The summed E-state index contributed by atoms with van der Waals surface area (Å²) in [6.45, 7) is 7.71. The van der Waals surface area contributed by atoms with Crippen molar-refractivity contribution in [2.45, 2.75) is 73.6 Å². The summed E-state index contributed by atoms with van der Waals surface area (Å²) in [5, 5.41) is 0.422. The maximum absolute atomic E-state index is 13.6. The molecule has 0 unspecified atom stereocenters. The molecule has 11 heteroatoms. The van der Waals surface area contributed by atoms with Crippen LogP contribution in [0.15, 0.2) is 28.4 Å². The summed E-state index contributed by atoms with van der Waals surface area (Å²) in [4.78, 5) is 15.3. The number of hydrogen-bond acceptors (Lipinski definition) is 8. The lowest BCUT2D eigenvalue weighted by Crippen LogP contribution is -2.53. The second kappa shape index (κ2) is 9.73. The van der Waals surface area contributed by atoms with Gasteiger partial charge in [0.05, 0.1) is 12.2 Å². The minimum absolute atomic E-state index is 0.0544. The van der Waals surface area contributed by atoms with E-state index in [-0.39, 0.29) is 27.0 Å². The number of nitrogens with two attached hydrogens (primary N) is 1. The van der Waals surface area contributed by atoms with Crippen molar-refractivity contribution in [1.29, 1.82) is 0 Å². The highest BCUT2D eigenvalue weighted by atomic mass is 35.5. The summed E-state index contributed by atoms with van der Waals surface area (Å²) >= 11 is 6.10. The average Bonchev–Trinajstić information content (AvgIpc) is 3.14. The third-order valence-corrected chi connectivity index (χ3v) is 9.72. The first-order chi connectivity index (χ1) is 15.6. The zero-order valence-electron chi connectivity index (χ0n) is 19.1. The van der Waals surface area contributed by atoms with Crippen LogP contribution in [0.4, 0.5) is 16.0 Å². The number of aromatic nitrogens is 3. The SMILES string of the molecule is CC(C)(C)[S@+]([O-])N[C@@H]1CCCC12CCN(c1cnc(Sc3ccnc(F)c3Cl)c(N)n1)CC2. The van der Waals surface area contributed by atoms with E-state index in [0.717, 1.165) is 51.0 Å². The van der Waals surface area contributed by atoms with Crippen LogP contribution in [0.3, 0.4) is 0 Å². The number of hydrogen-bond donors (Lipinski definition) is 2. The van der Waals surface area contributed by atoms with Crippen molar-refractivity contribution in [1.82, 2.24) is 19.7 Å². The van der Waals surface area contributed by atoms with Gasteiger partial charge in [0.15, 0.2) is 5.82 Å². The molecule has 2 atom stereocenters. The van der Waals surface area contributed by atoms with Crippen LogP contribution >= 0.6 is 23.4 Å². The van der Waals surface area contributed by atoms with Crippen LogP contribution in [0.1, 0.15) is 52.9 Å². The van der Waals surface area contributed by atoms with Crippen LogP contribution < -0.4 is 15.4 Å². The maximum Gasteiger partial charge on any atom is 0.232 e. The van der Waals surface area contributed by atoms with Gasteiger partial charge in [0.2, 0.25) is 5.95 Å². The molecule has 2 aromatic heterocycles. The number of pyridine rings is 1. The van der Waals surface area contributed by atoms with Crippen molar-refractivity contribution in [2.75, 3.05) is 23.7 Å². The van der Waals surface area contributed by atoms with Gasteiger partial charge in [0.25, 0.3) is 0 Å². The van der Waals surface area contributed by atoms with Gasteiger partial charge in [-0.3, -0.25) is 0 Å². The van der Waals surface area contributed by atoms with Gasteiger partial charge in [-0.2, -0.15) is 4.39 Å². The third-order valence-electron chi connectivity index (χ3n) is 6.56. The van der Waals surface area contributed by atoms with E-state index in [1.807, 2.05) is 20.8 Å². The van der Waals surface area contributed by atoms with Gasteiger partial charge in [0.1, 0.15) is 20.6 Å². The van der Waals surface area contributed by atoms with E-state index in [1.165, 1.54) is 18.0 Å². The maximum atomic E-state index is 13.6. The summed E-state index contributed by atoms with van der Waals surface area (Å²) in [5.41, 5.74) is 6.35. The molecule has 2 aliphatic rings. The van der Waals surface area contributed by atoms with Crippen molar-refractivity contribution in [3.8, 4) is 0 Å². The summed E-state index contributed by atoms with van der Waals surface area (Å²) < 4.78 is 29.5. The van der Waals surface area contributed by atoms with Crippen molar-refractivity contribution in [3.63, 3.8) is 0 Å². The fourth-order valence-electron chi connectivity index (χ4n) is 4.61. The zero-order valence-corrected chi connectivity index (χ0v) is 21.5. The molecule has 0 amide bonds. The Bertz CT molecular complexity index is 999. The van der Waals surface area contributed by atoms with Gasteiger partial charge in [0, 0.05) is 35.5 Å². The van der Waals surface area contributed by atoms with Crippen molar-refractivity contribution in [2.24, 2.45) is 5.41 Å². The zero-order chi connectivity index (χ0) is 23.8. The Labute approximate surface area is 206 Å². The third kappa shape index (κ3) is 5.35. The molecular weight excluding hydrogens is 483 g/mol. The number of anilines is 2. The fraction of sp³-hybridized carbons (Fsp3) is 0.591. The first kappa shape index (κ1) is 24.8. The average molecular weight is 513 g/mol. The van der Waals surface area contributed by atoms with Crippen LogP contribution in [0.2, 0.25) is 5.02 Å². The normalized spacial score (nSPS) is 21.5. The lowest BCUT2D eigenvalue weighted by atomic mass is 9.74. The number of halogens is 2. The van der Waals surface area contributed by atoms with Crippen LogP contribution in [-0.2, 0) is 11.4 Å². The molecule has 0 aromatic carbocycles. The summed E-state index contributed by atoms with van der Waals surface area (Å²) in [6.07, 6.45) is 8.47. The van der Waals surface area contributed by atoms with Gasteiger partial charge in [-0.1, -0.05) is 29.8 Å². The number of nitrogens with one attached hydrogen (secondary N) is 1. The molecule has 0 radical (unpaired) electrons. The highest BCUT2D eigenvalue weighted by Gasteiger charge is 2.47. The molecule has 2 aromatic rings. The van der Waals surface area contributed by atoms with E-state index in [0.29, 0.717) is 9.92 Å². The Morgan fingerprint density at radius 2 is 2.03 bits per heavy atom. The highest BCUT2D eigenvalue weighted by Crippen LogP contribution is 2.47. The van der Waals surface area contributed by atoms with Crippen LogP contribution in [0.25, 0.3) is 0 Å². The van der Waals surface area contributed by atoms with E-state index in [1.54, 1.807) is 12.3 Å². The van der Waals surface area contributed by atoms with E-state index in [9.17, 15) is 8.94 Å². The molecule has 4 rings (SSSR count). The minimum Gasteiger partial charge on any atom is -0.598 e. The monoisotopic (exact) mass is 512 g/mol. The van der Waals surface area contributed by atoms with E-state index in [2.05, 4.69) is 24.6 Å². The van der Waals surface area contributed by atoms with E-state index in [4.69, 9.17) is 17.3 Å². The Hall–Kier alpha value is -1.33. The second-order valence-electron chi connectivity index (χ2n) is 9.73. The first-order valence-corrected chi connectivity index (χ1v) is 13.5. The van der Waals surface area contributed by atoms with Gasteiger partial charge < -0.3 is 15.2 Å². The molecule has 0 bridgehead atoms. The lowest BCUT2D eigenvalue weighted by Gasteiger charge is -2.44. The quantitative estimate of drug-likeness (QED) is 0.443. The van der Waals surface area contributed by atoms with Crippen molar-refractivity contribution >= 4 is 46.4 Å². The Kier molecular flexibility index (Phi) is 7.31. The lowest BCUT2D eigenvalue weighted by molar-refractivity contribution is 0.186. The molecule has 1 saturated carbocycles. The Morgan fingerprint density at radius 1 is 1.30 bits per heavy atom. The van der Waals surface area contributed by atoms with Gasteiger partial charge in [-0.05, 0) is 57.9 Å². The molecule has 1 spiro atoms. The number of nitrogens with zero attached hydrogens (tertiary/aromatic N) is 4. The molecule has 33 heavy (non-hydrogen) atoms.